The first-order chi connectivity index (χ1) is 28.7. The first-order valence-corrected chi connectivity index (χ1v) is 24.6. The second-order valence-electron chi connectivity index (χ2n) is 21.2. The maximum Gasteiger partial charge on any atom is 4.00 e. The fourth-order valence-electron chi connectivity index (χ4n) is 9.99. The fraction of sp³-hybridized carbons (Fsp3) is 0.333. The molecule has 0 amide bonds. The van der Waals surface area contributed by atoms with E-state index in [-0.39, 0.29) is 80.2 Å². The molecule has 1 aliphatic rings. The van der Waals surface area contributed by atoms with Crippen LogP contribution in [-0.2, 0) is 57.2 Å². The Morgan fingerprint density at radius 3 is 0.908 bits per heavy atom. The van der Waals surface area contributed by atoms with Gasteiger partial charge in [-0.05, 0) is 101 Å². The van der Waals surface area contributed by atoms with Crippen molar-refractivity contribution in [1.29, 1.82) is 0 Å². The quantitative estimate of drug-likeness (QED) is 0.106. The van der Waals surface area contributed by atoms with Gasteiger partial charge in [-0.3, -0.25) is 6.08 Å². The number of hydrogen-bond acceptors (Lipinski definition) is 0. The third kappa shape index (κ3) is 11.3. The molecule has 0 spiro atoms. The van der Waals surface area contributed by atoms with Crippen molar-refractivity contribution < 1.29 is 58.9 Å². The maximum absolute atomic E-state index is 4.32. The molecule has 338 valence electrons. The van der Waals surface area contributed by atoms with Crippen LogP contribution in [0.25, 0.3) is 0 Å². The topological polar surface area (TPSA) is 0 Å². The number of halogens is 3. The predicted molar refractivity (Wildman–Crippen MR) is 267 cm³/mol. The minimum Gasteiger partial charge on any atom is -1.00 e. The van der Waals surface area contributed by atoms with E-state index >= 15 is 0 Å². The Kier molecular flexibility index (Phi) is 18.7. The maximum atomic E-state index is 4.32. The normalized spacial score (nSPS) is 15.2. The van der Waals surface area contributed by atoms with E-state index in [4.69, 9.17) is 0 Å². The molecule has 1 atom stereocenters. The Morgan fingerprint density at radius 2 is 0.677 bits per heavy atom. The Morgan fingerprint density at radius 1 is 0.415 bits per heavy atom. The Bertz CT molecular complexity index is 2330. The Balaban J connectivity index is 0.00000281. The van der Waals surface area contributed by atoms with E-state index in [2.05, 4.69) is 242 Å². The van der Waals surface area contributed by atoms with Crippen LogP contribution in [0.4, 0.5) is 0 Å². The van der Waals surface area contributed by atoms with E-state index in [0.717, 1.165) is 19.3 Å². The molecule has 0 aliphatic heterocycles. The van der Waals surface area contributed by atoms with Gasteiger partial charge in [-0.15, -0.1) is 6.92 Å². The molecule has 0 aromatic heterocycles. The van der Waals surface area contributed by atoms with Gasteiger partial charge in [-0.1, -0.05) is 234 Å². The molecule has 0 nitrogen and oxygen atoms in total. The molecule has 0 fully saturated rings. The largest absolute Gasteiger partial charge is 4.00 e. The van der Waals surface area contributed by atoms with Crippen molar-refractivity contribution in [2.45, 2.75) is 131 Å². The van der Waals surface area contributed by atoms with E-state index in [1.807, 2.05) is 0 Å². The zero-order valence-corrected chi connectivity index (χ0v) is 45.9. The van der Waals surface area contributed by atoms with Crippen molar-refractivity contribution in [1.82, 2.24) is 0 Å². The molecule has 1 unspecified atom stereocenters. The van der Waals surface area contributed by atoms with Crippen LogP contribution in [-0.4, -0.2) is 8.07 Å². The monoisotopic (exact) mass is 970 g/mol. The van der Waals surface area contributed by atoms with Gasteiger partial charge in [-0.25, -0.2) is 5.57 Å². The zero-order chi connectivity index (χ0) is 44.0. The van der Waals surface area contributed by atoms with E-state index in [0.29, 0.717) is 0 Å². The summed E-state index contributed by atoms with van der Waals surface area (Å²) in [5, 5.41) is 4.07. The van der Waals surface area contributed by atoms with Crippen LogP contribution in [0.1, 0.15) is 140 Å². The van der Waals surface area contributed by atoms with Crippen molar-refractivity contribution in [3.05, 3.63) is 218 Å². The number of allylic oxidation sites excluding steroid dienone is 4. The third-order valence-electron chi connectivity index (χ3n) is 14.0. The molecule has 1 aliphatic carbocycles. The molecule has 0 radical (unpaired) electrons. The van der Waals surface area contributed by atoms with Gasteiger partial charge in [0.05, 0.1) is 0 Å². The summed E-state index contributed by atoms with van der Waals surface area (Å²) in [6.07, 6.45) is 6.91. The van der Waals surface area contributed by atoms with Gasteiger partial charge in [0.2, 0.25) is 0 Å². The Hall–Kier alpha value is -3.40. The fourth-order valence-corrected chi connectivity index (χ4v) is 16.6. The second kappa shape index (κ2) is 21.7. The third-order valence-corrected chi connectivity index (χ3v) is 19.9. The van der Waals surface area contributed by atoms with E-state index in [1.54, 1.807) is 0 Å². The molecule has 6 aromatic rings. The van der Waals surface area contributed by atoms with Crippen LogP contribution in [0.2, 0.25) is 5.04 Å². The minimum atomic E-state index is -3.17. The van der Waals surface area contributed by atoms with Crippen LogP contribution in [0.5, 0.6) is 0 Å². The van der Waals surface area contributed by atoms with Crippen molar-refractivity contribution in [3.63, 3.8) is 0 Å². The van der Waals surface area contributed by atoms with Crippen LogP contribution in [0.3, 0.4) is 0 Å². The average Bonchev–Trinajstić information content (AvgIpc) is 3.41. The van der Waals surface area contributed by atoms with Gasteiger partial charge in [0.1, 0.15) is 8.07 Å². The van der Waals surface area contributed by atoms with Gasteiger partial charge in [-0.2, -0.15) is 11.1 Å². The molecule has 7 rings (SSSR count). The summed E-state index contributed by atoms with van der Waals surface area (Å²) < 4.78 is 0. The number of rotatable bonds is 10. The van der Waals surface area contributed by atoms with Crippen molar-refractivity contribution in [3.8, 4) is 0 Å². The molecule has 0 heterocycles. The Labute approximate surface area is 428 Å². The first kappa shape index (κ1) is 55.9. The van der Waals surface area contributed by atoms with Crippen LogP contribution < -0.4 is 52.8 Å². The number of hydrogen-bond donors (Lipinski definition) is 0. The SMILES string of the molecule is CC1=[C-]C(C)([Si](c2ccccc2Cc2ccc(C(C)(C)C)cc2)(c2ccccc2Cc2ccc(C(C)(C)C)cc2)c2ccccc2Cc2ccc(C(C)(C)C)cc2)C(C)=C1C.[Cl-].[Cl-].[Cl-].[Ti+4]. The van der Waals surface area contributed by atoms with Crippen LogP contribution in [0, 0.1) is 6.08 Å². The molecule has 6 aromatic carbocycles. The molecule has 0 saturated carbocycles. The van der Waals surface area contributed by atoms with E-state index < -0.39 is 8.07 Å². The van der Waals surface area contributed by atoms with Crippen LogP contribution >= 0.6 is 0 Å². The van der Waals surface area contributed by atoms with E-state index in [9.17, 15) is 0 Å². The summed E-state index contributed by atoms with van der Waals surface area (Å²) in [6, 6.07) is 56.8. The average molecular weight is 973 g/mol. The molecule has 65 heavy (non-hydrogen) atoms. The predicted octanol–water partition coefficient (Wildman–Crippen LogP) is 4.69. The molecule has 0 N–H and O–H groups in total. The van der Waals surface area contributed by atoms with Crippen molar-refractivity contribution >= 4 is 23.6 Å². The van der Waals surface area contributed by atoms with Gasteiger partial charge >= 0.3 is 21.7 Å². The molecule has 0 bridgehead atoms. The summed E-state index contributed by atoms with van der Waals surface area (Å²) in [6.45, 7) is 30.3. The summed E-state index contributed by atoms with van der Waals surface area (Å²) in [7, 11) is -3.17. The summed E-state index contributed by atoms with van der Waals surface area (Å²) in [5.74, 6) is 0. The van der Waals surface area contributed by atoms with E-state index in [1.165, 1.54) is 82.4 Å². The van der Waals surface area contributed by atoms with Gasteiger partial charge in [0.25, 0.3) is 0 Å². The standard InChI is InChI=1S/C60H69Si.3ClH.Ti/c1-42-41-60(13,44(3)43(42)2)61(54-23-17-14-20-48(54)38-45-26-32-51(33-27-45)57(4,5)6,55-24-18-15-21-49(55)39-46-28-34-52(35-29-46)58(7,8)9)56-25-19-16-22-50(56)40-47-30-36-53(37-31-47)59(10,11)12;;;;/h14-37H,38-40H2,1-13H3;3*1H;/q-1;;;;+4/p-3. The minimum absolute atomic E-state index is 0. The van der Waals surface area contributed by atoms with Gasteiger partial charge in [0.15, 0.2) is 0 Å². The molecule has 5 heteroatoms. The van der Waals surface area contributed by atoms with Crippen molar-refractivity contribution in [2.24, 2.45) is 0 Å². The smallest absolute Gasteiger partial charge is 1.00 e. The molecule has 0 saturated heterocycles. The summed E-state index contributed by atoms with van der Waals surface area (Å²) in [4.78, 5) is 0. The van der Waals surface area contributed by atoms with Crippen molar-refractivity contribution in [2.75, 3.05) is 0 Å². The van der Waals surface area contributed by atoms with Gasteiger partial charge in [0, 0.05) is 0 Å². The second-order valence-corrected chi connectivity index (χ2v) is 25.3. The van der Waals surface area contributed by atoms with Gasteiger partial charge < -0.3 is 37.2 Å². The summed E-state index contributed by atoms with van der Waals surface area (Å²) in [5.41, 5.74) is 16.8. The number of benzene rings is 6. The first-order valence-electron chi connectivity index (χ1n) is 22.6. The summed E-state index contributed by atoms with van der Waals surface area (Å²) >= 11 is 0. The zero-order valence-electron chi connectivity index (χ0n) is 41.1. The molecular formula is C60H69Cl3SiTi. The molecular weight excluding hydrogens is 903 g/mol. The van der Waals surface area contributed by atoms with Crippen LogP contribution in [0.15, 0.2) is 162 Å².